The molecule has 16 heavy (non-hydrogen) atoms. The van der Waals surface area contributed by atoms with Crippen LogP contribution in [0.3, 0.4) is 0 Å². The molecule has 0 saturated heterocycles. The minimum absolute atomic E-state index is 0.227. The molecule has 2 rings (SSSR count). The van der Waals surface area contributed by atoms with Gasteiger partial charge in [0.2, 0.25) is 5.95 Å². The van der Waals surface area contributed by atoms with Crippen molar-refractivity contribution in [3.8, 4) is 0 Å². The normalized spacial score (nSPS) is 12.6. The van der Waals surface area contributed by atoms with Gasteiger partial charge in [0.25, 0.3) is 0 Å². The van der Waals surface area contributed by atoms with E-state index in [-0.39, 0.29) is 5.92 Å². The van der Waals surface area contributed by atoms with E-state index in [1.807, 2.05) is 25.2 Å². The molecule has 2 aromatic rings. The Bertz CT molecular complexity index is 442. The number of benzene rings is 1. The molecule has 0 aliphatic heterocycles. The first kappa shape index (κ1) is 10.7. The third kappa shape index (κ3) is 1.91. The van der Waals surface area contributed by atoms with Crippen molar-refractivity contribution in [2.45, 2.75) is 19.3 Å². The zero-order valence-electron chi connectivity index (χ0n) is 9.59. The molecular formula is C12H16N4. The second-order valence-electron chi connectivity index (χ2n) is 3.82. The fraction of sp³-hybridized carbons (Fsp3) is 0.333. The molecule has 84 valence electrons. The van der Waals surface area contributed by atoms with Crippen molar-refractivity contribution in [2.75, 3.05) is 5.73 Å². The van der Waals surface area contributed by atoms with E-state index in [4.69, 9.17) is 5.73 Å². The zero-order valence-corrected chi connectivity index (χ0v) is 9.59. The smallest absolute Gasteiger partial charge is 0.218 e. The summed E-state index contributed by atoms with van der Waals surface area (Å²) in [7, 11) is 1.81. The molecule has 1 aromatic carbocycles. The van der Waals surface area contributed by atoms with Crippen LogP contribution in [0.2, 0.25) is 0 Å². The van der Waals surface area contributed by atoms with Gasteiger partial charge in [0.1, 0.15) is 0 Å². The summed E-state index contributed by atoms with van der Waals surface area (Å²) < 4.78 is 1.61. The van der Waals surface area contributed by atoms with Gasteiger partial charge in [0.05, 0.1) is 0 Å². The Balaban J connectivity index is 2.37. The van der Waals surface area contributed by atoms with E-state index in [0.717, 1.165) is 12.2 Å². The molecule has 0 spiro atoms. The summed E-state index contributed by atoms with van der Waals surface area (Å²) in [6.45, 7) is 2.13. The summed E-state index contributed by atoms with van der Waals surface area (Å²) in [5.74, 6) is 1.49. The van der Waals surface area contributed by atoms with Gasteiger partial charge in [0, 0.05) is 13.0 Å². The molecular weight excluding hydrogens is 200 g/mol. The molecule has 1 atom stereocenters. The first-order chi connectivity index (χ1) is 7.72. The fourth-order valence-electron chi connectivity index (χ4n) is 1.82. The topological polar surface area (TPSA) is 56.7 Å². The second kappa shape index (κ2) is 4.35. The first-order valence-electron chi connectivity index (χ1n) is 5.43. The van der Waals surface area contributed by atoms with Crippen LogP contribution in [0.15, 0.2) is 30.3 Å². The van der Waals surface area contributed by atoms with E-state index >= 15 is 0 Å². The van der Waals surface area contributed by atoms with Crippen molar-refractivity contribution in [1.82, 2.24) is 14.8 Å². The van der Waals surface area contributed by atoms with Crippen molar-refractivity contribution in [3.63, 3.8) is 0 Å². The molecule has 1 aromatic heterocycles. The maximum absolute atomic E-state index is 5.70. The van der Waals surface area contributed by atoms with Crippen LogP contribution in [0, 0.1) is 0 Å². The van der Waals surface area contributed by atoms with Gasteiger partial charge in [-0.1, -0.05) is 37.3 Å². The minimum atomic E-state index is 0.227. The Hall–Kier alpha value is -1.84. The highest BCUT2D eigenvalue weighted by atomic mass is 15.4. The highest BCUT2D eigenvalue weighted by molar-refractivity contribution is 5.27. The van der Waals surface area contributed by atoms with Crippen molar-refractivity contribution < 1.29 is 0 Å². The van der Waals surface area contributed by atoms with Gasteiger partial charge in [-0.25, -0.2) is 4.68 Å². The number of anilines is 1. The van der Waals surface area contributed by atoms with Crippen LogP contribution in [0.4, 0.5) is 5.95 Å². The standard InChI is InChI=1S/C12H16N4/c1-3-10(9-7-5-4-6-8-9)11-14-12(13)16(2)15-11/h4-8,10H,3H2,1-2H3,(H2,13,14,15). The Morgan fingerprint density at radius 1 is 1.31 bits per heavy atom. The fourth-order valence-corrected chi connectivity index (χ4v) is 1.82. The van der Waals surface area contributed by atoms with Crippen molar-refractivity contribution >= 4 is 5.95 Å². The van der Waals surface area contributed by atoms with E-state index in [9.17, 15) is 0 Å². The number of rotatable bonds is 3. The summed E-state index contributed by atoms with van der Waals surface area (Å²) in [6.07, 6.45) is 0.966. The molecule has 0 amide bonds. The van der Waals surface area contributed by atoms with E-state index in [1.165, 1.54) is 5.56 Å². The number of aryl methyl sites for hydroxylation is 1. The first-order valence-corrected chi connectivity index (χ1v) is 5.43. The van der Waals surface area contributed by atoms with Crippen LogP contribution < -0.4 is 5.73 Å². The Morgan fingerprint density at radius 2 is 2.00 bits per heavy atom. The Morgan fingerprint density at radius 3 is 2.50 bits per heavy atom. The SMILES string of the molecule is CCC(c1ccccc1)c1nc(N)n(C)n1. The average molecular weight is 216 g/mol. The lowest BCUT2D eigenvalue weighted by atomic mass is 9.96. The number of aromatic nitrogens is 3. The van der Waals surface area contributed by atoms with Crippen LogP contribution in [-0.4, -0.2) is 14.8 Å². The molecule has 1 heterocycles. The highest BCUT2D eigenvalue weighted by Gasteiger charge is 2.17. The summed E-state index contributed by atoms with van der Waals surface area (Å²) in [5, 5.41) is 4.34. The Kier molecular flexibility index (Phi) is 2.90. The highest BCUT2D eigenvalue weighted by Crippen LogP contribution is 2.25. The van der Waals surface area contributed by atoms with Crippen LogP contribution >= 0.6 is 0 Å². The van der Waals surface area contributed by atoms with Gasteiger partial charge in [-0.2, -0.15) is 10.1 Å². The maximum atomic E-state index is 5.70. The number of nitrogens with zero attached hydrogens (tertiary/aromatic N) is 3. The number of nitrogens with two attached hydrogens (primary N) is 1. The monoisotopic (exact) mass is 216 g/mol. The second-order valence-corrected chi connectivity index (χ2v) is 3.82. The van der Waals surface area contributed by atoms with Gasteiger partial charge in [0.15, 0.2) is 5.82 Å². The molecule has 4 heteroatoms. The lowest BCUT2D eigenvalue weighted by molar-refractivity contribution is 0.685. The number of hydrogen-bond acceptors (Lipinski definition) is 3. The molecule has 0 bridgehead atoms. The van der Waals surface area contributed by atoms with E-state index < -0.39 is 0 Å². The van der Waals surface area contributed by atoms with Crippen molar-refractivity contribution in [1.29, 1.82) is 0 Å². The van der Waals surface area contributed by atoms with Crippen molar-refractivity contribution in [3.05, 3.63) is 41.7 Å². The minimum Gasteiger partial charge on any atom is -0.368 e. The van der Waals surface area contributed by atoms with Gasteiger partial charge in [-0.15, -0.1) is 0 Å². The van der Waals surface area contributed by atoms with Crippen LogP contribution in [0.5, 0.6) is 0 Å². The van der Waals surface area contributed by atoms with E-state index in [0.29, 0.717) is 5.95 Å². The molecule has 2 N–H and O–H groups in total. The van der Waals surface area contributed by atoms with Gasteiger partial charge >= 0.3 is 0 Å². The van der Waals surface area contributed by atoms with Crippen LogP contribution in [0.25, 0.3) is 0 Å². The van der Waals surface area contributed by atoms with Crippen LogP contribution in [0.1, 0.15) is 30.7 Å². The average Bonchev–Trinajstić information content (AvgIpc) is 2.61. The molecule has 1 unspecified atom stereocenters. The summed E-state index contributed by atoms with van der Waals surface area (Å²) in [4.78, 5) is 4.29. The lowest BCUT2D eigenvalue weighted by Crippen LogP contribution is -2.02. The third-order valence-corrected chi connectivity index (χ3v) is 2.73. The lowest BCUT2D eigenvalue weighted by Gasteiger charge is -2.10. The summed E-state index contributed by atoms with van der Waals surface area (Å²) in [6, 6.07) is 10.3. The zero-order chi connectivity index (χ0) is 11.5. The predicted octanol–water partition coefficient (Wildman–Crippen LogP) is 1.94. The molecule has 0 aliphatic rings. The molecule has 0 fully saturated rings. The predicted molar refractivity (Wildman–Crippen MR) is 64.0 cm³/mol. The summed E-state index contributed by atoms with van der Waals surface area (Å²) >= 11 is 0. The summed E-state index contributed by atoms with van der Waals surface area (Å²) in [5.41, 5.74) is 6.93. The van der Waals surface area contributed by atoms with Crippen molar-refractivity contribution in [2.24, 2.45) is 7.05 Å². The van der Waals surface area contributed by atoms with E-state index in [2.05, 4.69) is 29.1 Å². The maximum Gasteiger partial charge on any atom is 0.218 e. The van der Waals surface area contributed by atoms with Gasteiger partial charge < -0.3 is 5.73 Å². The molecule has 4 nitrogen and oxygen atoms in total. The molecule has 0 radical (unpaired) electrons. The van der Waals surface area contributed by atoms with E-state index in [1.54, 1.807) is 4.68 Å². The third-order valence-electron chi connectivity index (χ3n) is 2.73. The molecule has 0 aliphatic carbocycles. The number of hydrogen-bond donors (Lipinski definition) is 1. The number of nitrogen functional groups attached to an aromatic ring is 1. The van der Waals surface area contributed by atoms with Crippen LogP contribution in [-0.2, 0) is 7.05 Å². The quantitative estimate of drug-likeness (QED) is 0.853. The Labute approximate surface area is 95.1 Å². The van der Waals surface area contributed by atoms with Gasteiger partial charge in [-0.05, 0) is 12.0 Å². The molecule has 0 saturated carbocycles. The largest absolute Gasteiger partial charge is 0.368 e. The van der Waals surface area contributed by atoms with Gasteiger partial charge in [-0.3, -0.25) is 0 Å².